The fourth-order valence-electron chi connectivity index (χ4n) is 1.07. The number of imidazole rings is 1. The molecule has 2 aromatic heterocycles. The molecular formula is C7H7N3O. The van der Waals surface area contributed by atoms with Gasteiger partial charge in [0.2, 0.25) is 0 Å². The number of aryl methyl sites for hydroxylation is 1. The molecule has 0 aliphatic carbocycles. The molecule has 2 aromatic rings. The van der Waals surface area contributed by atoms with E-state index in [0.717, 1.165) is 11.9 Å². The Morgan fingerprint density at radius 1 is 1.55 bits per heavy atom. The summed E-state index contributed by atoms with van der Waals surface area (Å²) >= 11 is 0. The molecule has 0 aromatic carbocycles. The highest BCUT2D eigenvalue weighted by Crippen LogP contribution is 2.03. The number of hydrogen-bond donors (Lipinski definition) is 0. The van der Waals surface area contributed by atoms with Gasteiger partial charge >= 0.3 is 0 Å². The number of aromatic nitrogens is 3. The standard InChI is InChI=1S/C7H7N3O/c1-9-2-3-10-7(9)4-6(5-11)8-10/h2-5H,1H3. The van der Waals surface area contributed by atoms with Gasteiger partial charge in [0.15, 0.2) is 6.29 Å². The summed E-state index contributed by atoms with van der Waals surface area (Å²) in [6, 6.07) is 1.74. The van der Waals surface area contributed by atoms with Crippen molar-refractivity contribution in [1.82, 2.24) is 14.2 Å². The van der Waals surface area contributed by atoms with E-state index in [0.29, 0.717) is 5.69 Å². The Morgan fingerprint density at radius 2 is 2.36 bits per heavy atom. The second-order valence-corrected chi connectivity index (χ2v) is 2.40. The lowest BCUT2D eigenvalue weighted by atomic mass is 10.5. The largest absolute Gasteiger partial charge is 0.334 e. The molecule has 4 nitrogen and oxygen atoms in total. The van der Waals surface area contributed by atoms with Crippen molar-refractivity contribution in [1.29, 1.82) is 0 Å². The minimum Gasteiger partial charge on any atom is -0.334 e. The van der Waals surface area contributed by atoms with Crippen LogP contribution in [-0.4, -0.2) is 20.5 Å². The number of rotatable bonds is 1. The Kier molecular flexibility index (Phi) is 1.09. The van der Waals surface area contributed by atoms with E-state index in [4.69, 9.17) is 0 Å². The van der Waals surface area contributed by atoms with Crippen molar-refractivity contribution < 1.29 is 4.79 Å². The predicted octanol–water partition coefficient (Wildman–Crippen LogP) is 0.485. The minimum atomic E-state index is 0.469. The molecule has 11 heavy (non-hydrogen) atoms. The van der Waals surface area contributed by atoms with Crippen molar-refractivity contribution in [3.63, 3.8) is 0 Å². The van der Waals surface area contributed by atoms with E-state index in [2.05, 4.69) is 5.10 Å². The molecule has 0 aliphatic rings. The van der Waals surface area contributed by atoms with Crippen LogP contribution >= 0.6 is 0 Å². The SMILES string of the molecule is Cn1ccn2nc(C=O)cc12. The molecule has 0 N–H and O–H groups in total. The van der Waals surface area contributed by atoms with Crippen molar-refractivity contribution >= 4 is 11.9 Å². The van der Waals surface area contributed by atoms with Crippen molar-refractivity contribution in [2.75, 3.05) is 0 Å². The summed E-state index contributed by atoms with van der Waals surface area (Å²) in [5.41, 5.74) is 1.39. The molecule has 0 spiro atoms. The van der Waals surface area contributed by atoms with E-state index in [1.165, 1.54) is 0 Å². The molecular weight excluding hydrogens is 142 g/mol. The van der Waals surface area contributed by atoms with Gasteiger partial charge in [-0.3, -0.25) is 4.79 Å². The van der Waals surface area contributed by atoms with Crippen LogP contribution in [0, 0.1) is 0 Å². The fraction of sp³-hybridized carbons (Fsp3) is 0.143. The van der Waals surface area contributed by atoms with E-state index in [-0.39, 0.29) is 0 Å². The summed E-state index contributed by atoms with van der Waals surface area (Å²) < 4.78 is 3.57. The van der Waals surface area contributed by atoms with Gasteiger partial charge in [0, 0.05) is 25.5 Å². The summed E-state index contributed by atoms with van der Waals surface area (Å²) in [6.45, 7) is 0. The van der Waals surface area contributed by atoms with Gasteiger partial charge in [-0.15, -0.1) is 0 Å². The molecule has 0 radical (unpaired) electrons. The maximum Gasteiger partial charge on any atom is 0.170 e. The lowest BCUT2D eigenvalue weighted by Gasteiger charge is -1.85. The first-order valence-electron chi connectivity index (χ1n) is 3.27. The van der Waals surface area contributed by atoms with Crippen LogP contribution in [0.5, 0.6) is 0 Å². The molecule has 0 atom stereocenters. The van der Waals surface area contributed by atoms with Crippen molar-refractivity contribution in [3.8, 4) is 0 Å². The Morgan fingerprint density at radius 3 is 3.00 bits per heavy atom. The topological polar surface area (TPSA) is 39.3 Å². The summed E-state index contributed by atoms with van der Waals surface area (Å²) in [7, 11) is 1.91. The van der Waals surface area contributed by atoms with Crippen molar-refractivity contribution in [2.24, 2.45) is 7.05 Å². The van der Waals surface area contributed by atoms with Crippen LogP contribution in [0.4, 0.5) is 0 Å². The van der Waals surface area contributed by atoms with E-state index in [9.17, 15) is 4.79 Å². The molecule has 0 aliphatic heterocycles. The van der Waals surface area contributed by atoms with Crippen LogP contribution in [0.25, 0.3) is 5.65 Å². The second kappa shape index (κ2) is 1.95. The van der Waals surface area contributed by atoms with Gasteiger partial charge in [-0.05, 0) is 0 Å². The van der Waals surface area contributed by atoms with Crippen LogP contribution in [0.3, 0.4) is 0 Å². The summed E-state index contributed by atoms with van der Waals surface area (Å²) in [5.74, 6) is 0. The second-order valence-electron chi connectivity index (χ2n) is 2.40. The van der Waals surface area contributed by atoms with Crippen molar-refractivity contribution in [3.05, 3.63) is 24.2 Å². The molecule has 0 bridgehead atoms. The average molecular weight is 149 g/mol. The van der Waals surface area contributed by atoms with E-state index in [1.807, 2.05) is 24.0 Å². The molecule has 56 valence electrons. The number of nitrogens with zero attached hydrogens (tertiary/aromatic N) is 3. The van der Waals surface area contributed by atoms with Crippen LogP contribution < -0.4 is 0 Å². The number of carbonyl (C=O) groups is 1. The molecule has 0 unspecified atom stereocenters. The number of fused-ring (bicyclic) bond motifs is 1. The number of hydrogen-bond acceptors (Lipinski definition) is 2. The molecule has 2 rings (SSSR count). The van der Waals surface area contributed by atoms with Crippen LogP contribution in [0.2, 0.25) is 0 Å². The smallest absolute Gasteiger partial charge is 0.170 e. The Labute approximate surface area is 63.0 Å². The third-order valence-corrected chi connectivity index (χ3v) is 1.65. The van der Waals surface area contributed by atoms with Gasteiger partial charge in [-0.1, -0.05) is 0 Å². The summed E-state index contributed by atoms with van der Waals surface area (Å²) in [4.78, 5) is 10.3. The van der Waals surface area contributed by atoms with Crippen LogP contribution in [-0.2, 0) is 7.05 Å². The molecule has 0 amide bonds. The minimum absolute atomic E-state index is 0.469. The summed E-state index contributed by atoms with van der Waals surface area (Å²) in [6.07, 6.45) is 4.44. The van der Waals surface area contributed by atoms with Gasteiger partial charge in [0.05, 0.1) is 0 Å². The average Bonchev–Trinajstić information content (AvgIpc) is 2.53. The molecule has 4 heteroatoms. The molecule has 0 saturated carbocycles. The first-order valence-corrected chi connectivity index (χ1v) is 3.27. The maximum atomic E-state index is 10.3. The highest BCUT2D eigenvalue weighted by molar-refractivity contribution is 5.74. The zero-order valence-electron chi connectivity index (χ0n) is 6.06. The monoisotopic (exact) mass is 149 g/mol. The molecule has 0 saturated heterocycles. The van der Waals surface area contributed by atoms with Gasteiger partial charge < -0.3 is 4.57 Å². The first kappa shape index (κ1) is 6.15. The highest BCUT2D eigenvalue weighted by Gasteiger charge is 2.01. The lowest BCUT2D eigenvalue weighted by molar-refractivity contribution is 0.111. The van der Waals surface area contributed by atoms with Crippen molar-refractivity contribution in [2.45, 2.75) is 0 Å². The highest BCUT2D eigenvalue weighted by atomic mass is 16.1. The van der Waals surface area contributed by atoms with Crippen LogP contribution in [0.1, 0.15) is 10.5 Å². The third kappa shape index (κ3) is 0.756. The number of carbonyl (C=O) groups excluding carboxylic acids is 1. The van der Waals surface area contributed by atoms with E-state index in [1.54, 1.807) is 10.6 Å². The third-order valence-electron chi connectivity index (χ3n) is 1.65. The summed E-state index contributed by atoms with van der Waals surface area (Å²) in [5, 5.41) is 3.98. The quantitative estimate of drug-likeness (QED) is 0.553. The zero-order valence-corrected chi connectivity index (χ0v) is 6.06. The van der Waals surface area contributed by atoms with Gasteiger partial charge in [0.1, 0.15) is 11.3 Å². The zero-order chi connectivity index (χ0) is 7.84. The van der Waals surface area contributed by atoms with Crippen LogP contribution in [0.15, 0.2) is 18.5 Å². The van der Waals surface area contributed by atoms with E-state index >= 15 is 0 Å². The van der Waals surface area contributed by atoms with E-state index < -0.39 is 0 Å². The first-order chi connectivity index (χ1) is 5.31. The van der Waals surface area contributed by atoms with Gasteiger partial charge in [0.25, 0.3) is 0 Å². The molecule has 2 heterocycles. The lowest BCUT2D eigenvalue weighted by Crippen LogP contribution is -1.84. The Balaban J connectivity index is 2.79. The normalized spacial score (nSPS) is 10.6. The fourth-order valence-corrected chi connectivity index (χ4v) is 1.07. The maximum absolute atomic E-state index is 10.3. The molecule has 0 fully saturated rings. The Bertz CT molecular complexity index is 399. The number of aldehydes is 1. The van der Waals surface area contributed by atoms with Gasteiger partial charge in [-0.2, -0.15) is 5.10 Å². The van der Waals surface area contributed by atoms with Gasteiger partial charge in [-0.25, -0.2) is 4.52 Å². The Hall–Kier alpha value is -1.58. The predicted molar refractivity (Wildman–Crippen MR) is 39.6 cm³/mol.